The molecule has 31 heavy (non-hydrogen) atoms. The topological polar surface area (TPSA) is 52.6 Å². The Bertz CT molecular complexity index is 1020. The second-order valence-corrected chi connectivity index (χ2v) is 8.51. The van der Waals surface area contributed by atoms with E-state index in [1.807, 2.05) is 11.0 Å². The highest BCUT2D eigenvalue weighted by Gasteiger charge is 2.30. The van der Waals surface area contributed by atoms with Crippen LogP contribution in [-0.4, -0.2) is 64.4 Å². The number of anilines is 1. The second kappa shape index (κ2) is 9.02. The van der Waals surface area contributed by atoms with E-state index in [1.165, 1.54) is 29.2 Å². The van der Waals surface area contributed by atoms with Gasteiger partial charge in [-0.25, -0.2) is 9.97 Å². The molecule has 0 unspecified atom stereocenters. The van der Waals surface area contributed by atoms with E-state index in [0.717, 1.165) is 45.2 Å². The molecular formula is C25H29N5O. The number of carbonyl (C=O) groups excluding carboxylic acids is 1. The van der Waals surface area contributed by atoms with E-state index in [2.05, 4.69) is 62.2 Å². The van der Waals surface area contributed by atoms with Crippen LogP contribution in [0.1, 0.15) is 24.8 Å². The highest BCUT2D eigenvalue weighted by Crippen LogP contribution is 2.30. The lowest BCUT2D eigenvalue weighted by Gasteiger charge is -2.35. The summed E-state index contributed by atoms with van der Waals surface area (Å²) < 4.78 is 0. The Morgan fingerprint density at radius 3 is 2.45 bits per heavy atom. The van der Waals surface area contributed by atoms with Crippen molar-refractivity contribution >= 4 is 22.6 Å². The lowest BCUT2D eigenvalue weighted by molar-refractivity contribution is -0.131. The number of carbonyl (C=O) groups is 1. The Hall–Kier alpha value is -2.99. The summed E-state index contributed by atoms with van der Waals surface area (Å²) in [7, 11) is 0. The van der Waals surface area contributed by atoms with E-state index < -0.39 is 0 Å². The molecule has 2 fully saturated rings. The van der Waals surface area contributed by atoms with Crippen molar-refractivity contribution in [1.82, 2.24) is 19.8 Å². The molecule has 3 aromatic rings. The van der Waals surface area contributed by atoms with Gasteiger partial charge in [-0.15, -0.1) is 0 Å². The highest BCUT2D eigenvalue weighted by atomic mass is 16.2. The molecule has 5 rings (SSSR count). The van der Waals surface area contributed by atoms with Crippen LogP contribution in [0.4, 0.5) is 5.95 Å². The minimum absolute atomic E-state index is 0.261. The van der Waals surface area contributed by atoms with Crippen molar-refractivity contribution in [3.8, 4) is 0 Å². The van der Waals surface area contributed by atoms with Crippen molar-refractivity contribution in [2.45, 2.75) is 31.8 Å². The normalized spacial score (nSPS) is 16.8. The quantitative estimate of drug-likeness (QED) is 0.592. The predicted molar refractivity (Wildman–Crippen MR) is 123 cm³/mol. The van der Waals surface area contributed by atoms with Crippen LogP contribution in [0.3, 0.4) is 0 Å². The van der Waals surface area contributed by atoms with Gasteiger partial charge in [-0.2, -0.15) is 0 Å². The number of fused-ring (bicyclic) bond motifs is 1. The predicted octanol–water partition coefficient (Wildman–Crippen LogP) is 3.33. The third-order valence-corrected chi connectivity index (χ3v) is 6.40. The molecule has 0 N–H and O–H groups in total. The maximum absolute atomic E-state index is 12.9. The summed E-state index contributed by atoms with van der Waals surface area (Å²) >= 11 is 0. The van der Waals surface area contributed by atoms with Gasteiger partial charge >= 0.3 is 0 Å². The van der Waals surface area contributed by atoms with Gasteiger partial charge in [-0.05, 0) is 35.2 Å². The smallest absolute Gasteiger partial charge is 0.225 e. The molecule has 1 aliphatic carbocycles. The number of hydrogen-bond acceptors (Lipinski definition) is 5. The number of aromatic nitrogens is 2. The van der Waals surface area contributed by atoms with Crippen molar-refractivity contribution in [2.24, 2.45) is 0 Å². The van der Waals surface area contributed by atoms with Gasteiger partial charge in [0.25, 0.3) is 0 Å². The molecule has 0 spiro atoms. The summed E-state index contributed by atoms with van der Waals surface area (Å²) in [5.74, 6) is 1.02. The average molecular weight is 416 g/mol. The molecule has 1 aliphatic heterocycles. The van der Waals surface area contributed by atoms with Crippen LogP contribution in [-0.2, 0) is 11.3 Å². The van der Waals surface area contributed by atoms with E-state index in [1.54, 1.807) is 12.4 Å². The lowest BCUT2D eigenvalue weighted by Crippen LogP contribution is -2.49. The Kier molecular flexibility index (Phi) is 5.80. The van der Waals surface area contributed by atoms with Crippen LogP contribution < -0.4 is 4.90 Å². The van der Waals surface area contributed by atoms with E-state index in [4.69, 9.17) is 0 Å². The maximum atomic E-state index is 12.9. The monoisotopic (exact) mass is 415 g/mol. The first-order valence-electron chi connectivity index (χ1n) is 11.3. The first kappa shape index (κ1) is 19.9. The summed E-state index contributed by atoms with van der Waals surface area (Å²) in [5, 5.41) is 2.60. The first-order chi connectivity index (χ1) is 15.3. The summed E-state index contributed by atoms with van der Waals surface area (Å²) in [5.41, 5.74) is 1.36. The number of nitrogens with zero attached hydrogens (tertiary/aromatic N) is 5. The van der Waals surface area contributed by atoms with Crippen molar-refractivity contribution < 1.29 is 4.79 Å². The van der Waals surface area contributed by atoms with Gasteiger partial charge < -0.3 is 9.80 Å². The van der Waals surface area contributed by atoms with Gasteiger partial charge in [0.05, 0.1) is 0 Å². The van der Waals surface area contributed by atoms with E-state index in [9.17, 15) is 4.79 Å². The molecule has 1 saturated heterocycles. The zero-order chi connectivity index (χ0) is 21.0. The molecule has 1 amide bonds. The number of benzene rings is 2. The standard InChI is InChI=1S/C25H29N5O/c31-24(28-15-17-29(18-16-28)25-26-12-4-13-27-25)11-14-30(22-9-10-22)19-21-7-3-6-20-5-1-2-8-23(20)21/h1-8,12-13,22H,9-11,14-19H2. The van der Waals surface area contributed by atoms with Gasteiger partial charge in [0, 0.05) is 64.1 Å². The highest BCUT2D eigenvalue weighted by molar-refractivity contribution is 5.85. The third-order valence-electron chi connectivity index (χ3n) is 6.40. The van der Waals surface area contributed by atoms with Crippen molar-refractivity contribution in [3.05, 3.63) is 66.5 Å². The van der Waals surface area contributed by atoms with Gasteiger partial charge in [0.2, 0.25) is 11.9 Å². The fourth-order valence-corrected chi connectivity index (χ4v) is 4.49. The van der Waals surface area contributed by atoms with Crippen molar-refractivity contribution in [2.75, 3.05) is 37.6 Å². The third kappa shape index (κ3) is 4.69. The largest absolute Gasteiger partial charge is 0.339 e. The van der Waals surface area contributed by atoms with Gasteiger partial charge in [0.15, 0.2) is 0 Å². The fraction of sp³-hybridized carbons (Fsp3) is 0.400. The fourth-order valence-electron chi connectivity index (χ4n) is 4.49. The number of amides is 1. The van der Waals surface area contributed by atoms with Crippen LogP contribution in [0, 0.1) is 0 Å². The Morgan fingerprint density at radius 2 is 1.68 bits per heavy atom. The first-order valence-corrected chi connectivity index (χ1v) is 11.3. The molecule has 0 bridgehead atoms. The molecule has 0 radical (unpaired) electrons. The molecule has 2 aliphatic rings. The van der Waals surface area contributed by atoms with Crippen LogP contribution in [0.15, 0.2) is 60.9 Å². The summed E-state index contributed by atoms with van der Waals surface area (Å²) in [6.07, 6.45) is 6.61. The zero-order valence-corrected chi connectivity index (χ0v) is 17.9. The molecular weight excluding hydrogens is 386 g/mol. The summed E-state index contributed by atoms with van der Waals surface area (Å²) in [6.45, 7) is 4.80. The van der Waals surface area contributed by atoms with Gasteiger partial charge in [-0.1, -0.05) is 42.5 Å². The van der Waals surface area contributed by atoms with Gasteiger partial charge in [0.1, 0.15) is 0 Å². The molecule has 2 heterocycles. The van der Waals surface area contributed by atoms with E-state index >= 15 is 0 Å². The number of piperazine rings is 1. The van der Waals surface area contributed by atoms with E-state index in [0.29, 0.717) is 12.5 Å². The van der Waals surface area contributed by atoms with Crippen molar-refractivity contribution in [1.29, 1.82) is 0 Å². The Morgan fingerprint density at radius 1 is 0.935 bits per heavy atom. The van der Waals surface area contributed by atoms with Crippen LogP contribution in [0.25, 0.3) is 10.8 Å². The number of hydrogen-bond donors (Lipinski definition) is 0. The van der Waals surface area contributed by atoms with Crippen LogP contribution in [0.2, 0.25) is 0 Å². The summed E-state index contributed by atoms with van der Waals surface area (Å²) in [6, 6.07) is 17.6. The minimum Gasteiger partial charge on any atom is -0.339 e. The van der Waals surface area contributed by atoms with Crippen molar-refractivity contribution in [3.63, 3.8) is 0 Å². The van der Waals surface area contributed by atoms with E-state index in [-0.39, 0.29) is 5.91 Å². The molecule has 160 valence electrons. The SMILES string of the molecule is O=C(CCN(Cc1cccc2ccccc12)C1CC1)N1CCN(c2ncccn2)CC1. The minimum atomic E-state index is 0.261. The van der Waals surface area contributed by atoms with Crippen LogP contribution >= 0.6 is 0 Å². The Balaban J connectivity index is 1.17. The Labute approximate surface area is 183 Å². The van der Waals surface area contributed by atoms with Crippen LogP contribution in [0.5, 0.6) is 0 Å². The molecule has 1 saturated carbocycles. The molecule has 0 atom stereocenters. The maximum Gasteiger partial charge on any atom is 0.225 e. The average Bonchev–Trinajstić information content (AvgIpc) is 3.68. The molecule has 1 aromatic heterocycles. The molecule has 6 heteroatoms. The molecule has 2 aromatic carbocycles. The van der Waals surface area contributed by atoms with Gasteiger partial charge in [-0.3, -0.25) is 9.69 Å². The number of rotatable bonds is 7. The lowest BCUT2D eigenvalue weighted by atomic mass is 10.0. The summed E-state index contributed by atoms with van der Waals surface area (Å²) in [4.78, 5) is 28.2. The molecule has 6 nitrogen and oxygen atoms in total. The zero-order valence-electron chi connectivity index (χ0n) is 17.9. The second-order valence-electron chi connectivity index (χ2n) is 8.51.